The minimum absolute atomic E-state index is 0.114. The predicted molar refractivity (Wildman–Crippen MR) is 135 cm³/mol. The molecular formula is C26H44N2O8. The molecule has 0 spiro atoms. The lowest BCUT2D eigenvalue weighted by atomic mass is 10.0. The maximum absolute atomic E-state index is 12.0. The monoisotopic (exact) mass is 512 g/mol. The van der Waals surface area contributed by atoms with E-state index in [1.165, 1.54) is 70.7 Å². The molecule has 4 atom stereocenters. The second-order valence-corrected chi connectivity index (χ2v) is 9.51. The summed E-state index contributed by atoms with van der Waals surface area (Å²) < 4.78 is 17.2. The summed E-state index contributed by atoms with van der Waals surface area (Å²) in [5, 5.41) is 20.2. The molecule has 2 rings (SSSR count). The molecule has 2 heterocycles. The number of carbonyl (C=O) groups excluding carboxylic acids is 1. The number of aliphatic hydroxyl groups excluding tert-OH is 2. The maximum Gasteiger partial charge on any atom is 0.330 e. The van der Waals surface area contributed by atoms with E-state index in [-0.39, 0.29) is 12.6 Å². The van der Waals surface area contributed by atoms with Crippen molar-refractivity contribution in [3.8, 4) is 0 Å². The van der Waals surface area contributed by atoms with Crippen molar-refractivity contribution in [3.63, 3.8) is 0 Å². The molecule has 1 aliphatic rings. The van der Waals surface area contributed by atoms with Crippen molar-refractivity contribution in [3.05, 3.63) is 33.1 Å². The van der Waals surface area contributed by atoms with Crippen LogP contribution in [0, 0.1) is 0 Å². The van der Waals surface area contributed by atoms with Gasteiger partial charge in [-0.05, 0) is 12.8 Å². The molecule has 10 nitrogen and oxygen atoms in total. The Labute approximate surface area is 213 Å². The topological polar surface area (TPSA) is 140 Å². The number of aliphatic hydroxyl groups is 2. The van der Waals surface area contributed by atoms with Crippen LogP contribution in [0.4, 0.5) is 0 Å². The average Bonchev–Trinajstić information content (AvgIpc) is 3.18. The number of carbonyl (C=O) groups is 1. The Morgan fingerprint density at radius 3 is 2.06 bits per heavy atom. The molecule has 1 aliphatic heterocycles. The van der Waals surface area contributed by atoms with Crippen LogP contribution >= 0.6 is 0 Å². The number of methoxy groups -OCH3 is 1. The van der Waals surface area contributed by atoms with Gasteiger partial charge in [-0.3, -0.25) is 19.1 Å². The Morgan fingerprint density at radius 1 is 0.972 bits per heavy atom. The lowest BCUT2D eigenvalue weighted by Gasteiger charge is -2.20. The Balaban J connectivity index is 1.47. The fourth-order valence-electron chi connectivity index (χ4n) is 4.57. The molecule has 0 aliphatic carbocycles. The van der Waals surface area contributed by atoms with Gasteiger partial charge in [0, 0.05) is 25.3 Å². The number of nitrogens with zero attached hydrogens (tertiary/aromatic N) is 1. The Kier molecular flexibility index (Phi) is 14.6. The van der Waals surface area contributed by atoms with Crippen LogP contribution in [0.3, 0.4) is 0 Å². The third-order valence-electron chi connectivity index (χ3n) is 6.68. The summed E-state index contributed by atoms with van der Waals surface area (Å²) >= 11 is 0. The number of H-pyrrole nitrogens is 1. The Hall–Kier alpha value is -2.01. The van der Waals surface area contributed by atoms with Crippen molar-refractivity contribution in [1.82, 2.24) is 9.55 Å². The van der Waals surface area contributed by atoms with E-state index in [0.717, 1.165) is 36.7 Å². The lowest BCUT2D eigenvalue weighted by molar-refractivity contribution is -0.140. The van der Waals surface area contributed by atoms with Gasteiger partial charge in [-0.2, -0.15) is 0 Å². The number of hydrogen-bond donors (Lipinski definition) is 3. The predicted octanol–water partition coefficient (Wildman–Crippen LogP) is 2.81. The molecule has 0 amide bonds. The van der Waals surface area contributed by atoms with E-state index in [1.807, 2.05) is 0 Å². The van der Waals surface area contributed by atoms with E-state index in [2.05, 4.69) is 9.72 Å². The summed E-state index contributed by atoms with van der Waals surface area (Å²) in [5.41, 5.74) is -1.22. The molecule has 206 valence electrons. The second kappa shape index (κ2) is 17.4. The van der Waals surface area contributed by atoms with E-state index in [0.29, 0.717) is 13.0 Å². The van der Waals surface area contributed by atoms with E-state index in [4.69, 9.17) is 9.47 Å². The number of unbranched alkanes of at least 4 members (excludes halogenated alkanes) is 12. The average molecular weight is 513 g/mol. The van der Waals surface area contributed by atoms with Gasteiger partial charge in [0.25, 0.3) is 5.56 Å². The number of nitrogens with one attached hydrogen (secondary N) is 1. The van der Waals surface area contributed by atoms with Gasteiger partial charge in [0.1, 0.15) is 18.3 Å². The molecule has 0 radical (unpaired) electrons. The van der Waals surface area contributed by atoms with Crippen molar-refractivity contribution in [2.75, 3.05) is 20.3 Å². The van der Waals surface area contributed by atoms with Gasteiger partial charge < -0.3 is 24.4 Å². The fraction of sp³-hybridized carbons (Fsp3) is 0.808. The summed E-state index contributed by atoms with van der Waals surface area (Å²) in [4.78, 5) is 36.5. The quantitative estimate of drug-likeness (QED) is 0.190. The van der Waals surface area contributed by atoms with Gasteiger partial charge in [0.15, 0.2) is 6.23 Å². The molecule has 1 saturated heterocycles. The molecule has 10 heteroatoms. The SMILES string of the molecule is COC(=O)CCCCCCCCCCCCCCCOC1C(O)[C@H](n2ccc(=O)[nH]c2=O)O[C@@H]1CO. The van der Waals surface area contributed by atoms with Crippen molar-refractivity contribution >= 4 is 5.97 Å². The van der Waals surface area contributed by atoms with E-state index in [9.17, 15) is 24.6 Å². The van der Waals surface area contributed by atoms with Crippen LogP contribution in [0.15, 0.2) is 21.9 Å². The molecule has 1 fully saturated rings. The van der Waals surface area contributed by atoms with Crippen LogP contribution in [0.25, 0.3) is 0 Å². The molecular weight excluding hydrogens is 468 g/mol. The summed E-state index contributed by atoms with van der Waals surface area (Å²) in [6.07, 6.45) is 13.1. The van der Waals surface area contributed by atoms with Gasteiger partial charge in [0.2, 0.25) is 0 Å². The molecule has 0 bridgehead atoms. The van der Waals surface area contributed by atoms with Crippen LogP contribution in [-0.2, 0) is 19.0 Å². The van der Waals surface area contributed by atoms with Crippen LogP contribution in [0.5, 0.6) is 0 Å². The Bertz CT molecular complexity index is 855. The van der Waals surface area contributed by atoms with Gasteiger partial charge in [-0.1, -0.05) is 70.6 Å². The normalized spacial score (nSPS) is 21.6. The van der Waals surface area contributed by atoms with Crippen LogP contribution < -0.4 is 11.2 Å². The number of rotatable bonds is 19. The number of hydrogen-bond acceptors (Lipinski definition) is 8. The molecule has 1 aromatic heterocycles. The zero-order chi connectivity index (χ0) is 26.2. The highest BCUT2D eigenvalue weighted by Gasteiger charge is 2.45. The maximum atomic E-state index is 12.0. The minimum atomic E-state index is -1.13. The van der Waals surface area contributed by atoms with Crippen LogP contribution in [0.1, 0.15) is 96.1 Å². The van der Waals surface area contributed by atoms with Gasteiger partial charge in [-0.15, -0.1) is 0 Å². The summed E-state index contributed by atoms with van der Waals surface area (Å²) in [6, 6.07) is 1.18. The van der Waals surface area contributed by atoms with E-state index < -0.39 is 35.8 Å². The summed E-state index contributed by atoms with van der Waals surface area (Å²) in [5.74, 6) is -0.114. The lowest BCUT2D eigenvalue weighted by Crippen LogP contribution is -2.39. The van der Waals surface area contributed by atoms with Crippen molar-refractivity contribution in [1.29, 1.82) is 0 Å². The van der Waals surface area contributed by atoms with E-state index >= 15 is 0 Å². The largest absolute Gasteiger partial charge is 0.469 e. The third kappa shape index (κ3) is 10.5. The van der Waals surface area contributed by atoms with Gasteiger partial charge in [-0.25, -0.2) is 4.79 Å². The number of aromatic nitrogens is 2. The Morgan fingerprint density at radius 2 is 1.53 bits per heavy atom. The first kappa shape index (κ1) is 30.2. The highest BCUT2D eigenvalue weighted by molar-refractivity contribution is 5.68. The second-order valence-electron chi connectivity index (χ2n) is 9.51. The molecule has 36 heavy (non-hydrogen) atoms. The molecule has 1 aromatic rings. The first-order valence-electron chi connectivity index (χ1n) is 13.4. The molecule has 3 N–H and O–H groups in total. The zero-order valence-electron chi connectivity index (χ0n) is 21.6. The van der Waals surface area contributed by atoms with Crippen LogP contribution in [0.2, 0.25) is 0 Å². The number of aromatic amines is 1. The molecule has 0 aromatic carbocycles. The zero-order valence-corrected chi connectivity index (χ0v) is 21.6. The smallest absolute Gasteiger partial charge is 0.330 e. The van der Waals surface area contributed by atoms with Crippen molar-refractivity contribution in [2.24, 2.45) is 0 Å². The third-order valence-corrected chi connectivity index (χ3v) is 6.68. The first-order chi connectivity index (χ1) is 17.5. The standard InChI is InChI=1S/C26H44N2O8/c1-34-22(31)15-13-11-9-7-5-3-2-4-6-8-10-12-14-18-35-24-20(19-29)36-25(23(24)32)28-17-16-21(30)27-26(28)33/h16-17,20,23-25,29,32H,2-15,18-19H2,1H3,(H,27,30,33)/t20-,23?,24?,25-/m1/s1. The van der Waals surface area contributed by atoms with Crippen LogP contribution in [-0.4, -0.2) is 64.4 Å². The summed E-state index contributed by atoms with van der Waals surface area (Å²) in [7, 11) is 1.43. The van der Waals surface area contributed by atoms with Gasteiger partial charge >= 0.3 is 11.7 Å². The highest BCUT2D eigenvalue weighted by Crippen LogP contribution is 2.30. The summed E-state index contributed by atoms with van der Waals surface area (Å²) in [6.45, 7) is 0.0974. The highest BCUT2D eigenvalue weighted by atomic mass is 16.6. The molecule has 0 saturated carbocycles. The minimum Gasteiger partial charge on any atom is -0.469 e. The van der Waals surface area contributed by atoms with Crippen molar-refractivity contribution < 1.29 is 29.2 Å². The van der Waals surface area contributed by atoms with E-state index in [1.54, 1.807) is 0 Å². The van der Waals surface area contributed by atoms with Gasteiger partial charge in [0.05, 0.1) is 13.7 Å². The molecule has 2 unspecified atom stereocenters. The van der Waals surface area contributed by atoms with Crippen molar-refractivity contribution in [2.45, 2.75) is 114 Å². The number of ether oxygens (including phenoxy) is 3. The number of esters is 1. The fourth-order valence-corrected chi connectivity index (χ4v) is 4.57. The first-order valence-corrected chi connectivity index (χ1v) is 13.4.